The van der Waals surface area contributed by atoms with Crippen LogP contribution >= 0.6 is 0 Å². The molecule has 1 aromatic heterocycles. The van der Waals surface area contributed by atoms with Gasteiger partial charge in [-0.05, 0) is 72.4 Å². The number of hydrogen-bond acceptors (Lipinski definition) is 6. The van der Waals surface area contributed by atoms with Crippen LogP contribution in [-0.2, 0) is 35.5 Å². The molecule has 0 spiro atoms. The Kier molecular flexibility index (Phi) is 11.2. The molecule has 228 valence electrons. The van der Waals surface area contributed by atoms with E-state index in [1.807, 2.05) is 68.4 Å². The number of nitrogens with zero attached hydrogens (tertiary/aromatic N) is 1. The largest absolute Gasteiger partial charge is 0.494 e. The summed E-state index contributed by atoms with van der Waals surface area (Å²) in [5, 5.41) is 5.94. The van der Waals surface area contributed by atoms with E-state index < -0.39 is 23.8 Å². The number of benzene rings is 3. The fraction of sp³-hybridized carbons (Fsp3) is 0.257. The first-order valence-electron chi connectivity index (χ1n) is 14.6. The molecule has 0 radical (unpaired) electrons. The van der Waals surface area contributed by atoms with Crippen LogP contribution in [0.4, 0.5) is 0 Å². The van der Waals surface area contributed by atoms with Gasteiger partial charge in [-0.15, -0.1) is 0 Å². The third kappa shape index (κ3) is 8.75. The Balaban J connectivity index is 1.63. The molecule has 0 aliphatic carbocycles. The second-order valence-corrected chi connectivity index (χ2v) is 10.7. The first kappa shape index (κ1) is 31.9. The first-order valence-corrected chi connectivity index (χ1v) is 14.6. The van der Waals surface area contributed by atoms with E-state index in [0.717, 1.165) is 33.6 Å². The Morgan fingerprint density at radius 1 is 0.864 bits per heavy atom. The molecular weight excluding hydrogens is 554 g/mol. The molecule has 1 heterocycles. The summed E-state index contributed by atoms with van der Waals surface area (Å²) < 4.78 is 5.57. The van der Waals surface area contributed by atoms with Gasteiger partial charge in [0.05, 0.1) is 12.5 Å². The summed E-state index contributed by atoms with van der Waals surface area (Å²) in [5.41, 5.74) is 16.6. The van der Waals surface area contributed by atoms with Gasteiger partial charge < -0.3 is 26.8 Å². The van der Waals surface area contributed by atoms with E-state index in [1.165, 1.54) is 0 Å². The predicted octanol–water partition coefficient (Wildman–Crippen LogP) is 3.72. The fourth-order valence-corrected chi connectivity index (χ4v) is 5.00. The Morgan fingerprint density at radius 3 is 2.20 bits per heavy atom. The molecule has 0 aliphatic rings. The highest BCUT2D eigenvalue weighted by molar-refractivity contribution is 5.98. The number of nitrogens with two attached hydrogens (primary N) is 2. The maximum absolute atomic E-state index is 14.2. The van der Waals surface area contributed by atoms with Crippen molar-refractivity contribution < 1.29 is 19.1 Å². The number of nitrogens with one attached hydrogen (secondary N) is 2. The van der Waals surface area contributed by atoms with Gasteiger partial charge in [0.25, 0.3) is 0 Å². The van der Waals surface area contributed by atoms with Crippen molar-refractivity contribution in [3.63, 3.8) is 0 Å². The van der Waals surface area contributed by atoms with Crippen LogP contribution in [0.1, 0.15) is 56.6 Å². The van der Waals surface area contributed by atoms with E-state index in [4.69, 9.17) is 16.2 Å². The van der Waals surface area contributed by atoms with Crippen LogP contribution in [0.25, 0.3) is 0 Å². The number of carbonyl (C=O) groups is 3. The molecule has 9 nitrogen and oxygen atoms in total. The van der Waals surface area contributed by atoms with E-state index in [0.29, 0.717) is 18.7 Å². The van der Waals surface area contributed by atoms with Crippen LogP contribution in [0.2, 0.25) is 0 Å². The van der Waals surface area contributed by atoms with Crippen molar-refractivity contribution in [2.75, 3.05) is 6.61 Å². The number of rotatable bonds is 14. The van der Waals surface area contributed by atoms with Crippen molar-refractivity contribution in [1.29, 1.82) is 0 Å². The van der Waals surface area contributed by atoms with Crippen LogP contribution in [-0.4, -0.2) is 35.4 Å². The van der Waals surface area contributed by atoms with Crippen LogP contribution in [0.3, 0.4) is 0 Å². The van der Waals surface area contributed by atoms with E-state index >= 15 is 0 Å². The molecular formula is C35H39N5O4. The quantitative estimate of drug-likeness (QED) is 0.175. The van der Waals surface area contributed by atoms with Gasteiger partial charge in [-0.25, -0.2) is 0 Å². The van der Waals surface area contributed by atoms with E-state index in [2.05, 4.69) is 15.6 Å². The van der Waals surface area contributed by atoms with Crippen molar-refractivity contribution in [3.05, 3.63) is 130 Å². The number of amides is 3. The fourth-order valence-electron chi connectivity index (χ4n) is 5.00. The highest BCUT2D eigenvalue weighted by Crippen LogP contribution is 2.27. The Hall–Kier alpha value is -5.02. The normalized spacial score (nSPS) is 12.2. The van der Waals surface area contributed by atoms with Gasteiger partial charge >= 0.3 is 0 Å². The van der Waals surface area contributed by atoms with Crippen LogP contribution < -0.4 is 26.8 Å². The maximum atomic E-state index is 14.2. The van der Waals surface area contributed by atoms with Gasteiger partial charge in [0.15, 0.2) is 0 Å². The summed E-state index contributed by atoms with van der Waals surface area (Å²) in [6, 6.07) is 23.1. The lowest BCUT2D eigenvalue weighted by Gasteiger charge is -2.24. The van der Waals surface area contributed by atoms with E-state index in [9.17, 15) is 14.4 Å². The van der Waals surface area contributed by atoms with Gasteiger partial charge in [-0.1, -0.05) is 60.2 Å². The summed E-state index contributed by atoms with van der Waals surface area (Å²) >= 11 is 0. The first-order chi connectivity index (χ1) is 21.3. The number of aryl methyl sites for hydroxylation is 1. The summed E-state index contributed by atoms with van der Waals surface area (Å²) in [4.78, 5) is 44.4. The second-order valence-electron chi connectivity index (χ2n) is 10.7. The molecule has 44 heavy (non-hydrogen) atoms. The van der Waals surface area contributed by atoms with Gasteiger partial charge in [0.2, 0.25) is 17.7 Å². The Bertz CT molecular complexity index is 1560. The molecule has 0 aliphatic heterocycles. The second kappa shape index (κ2) is 15.5. The number of hydrogen-bond donors (Lipinski definition) is 4. The number of aromatic nitrogens is 1. The van der Waals surface area contributed by atoms with Crippen molar-refractivity contribution in [2.45, 2.75) is 51.7 Å². The van der Waals surface area contributed by atoms with E-state index in [1.54, 1.807) is 36.7 Å². The Morgan fingerprint density at radius 2 is 1.57 bits per heavy atom. The molecule has 0 unspecified atom stereocenters. The monoisotopic (exact) mass is 593 g/mol. The maximum Gasteiger partial charge on any atom is 0.249 e. The zero-order chi connectivity index (χ0) is 31.5. The lowest BCUT2D eigenvalue weighted by molar-refractivity contribution is -0.129. The zero-order valence-corrected chi connectivity index (χ0v) is 25.1. The van der Waals surface area contributed by atoms with Crippen molar-refractivity contribution in [1.82, 2.24) is 15.6 Å². The highest BCUT2D eigenvalue weighted by Gasteiger charge is 2.30. The smallest absolute Gasteiger partial charge is 0.249 e. The minimum Gasteiger partial charge on any atom is -0.494 e. The third-order valence-corrected chi connectivity index (χ3v) is 7.36. The lowest BCUT2D eigenvalue weighted by atomic mass is 9.86. The lowest BCUT2D eigenvalue weighted by Crippen LogP contribution is -2.49. The summed E-state index contributed by atoms with van der Waals surface area (Å²) in [6.07, 6.45) is 3.82. The zero-order valence-electron chi connectivity index (χ0n) is 25.1. The molecule has 0 fully saturated rings. The SMILES string of the molecule is CCOc1ccc(C[C@@H](C(=O)N[C@@H](Cc2cccnc2)C(=O)NCc2ccc(CN)cc2)c2cc(C)ccc2C(N)=O)cc1. The molecule has 9 heteroatoms. The predicted molar refractivity (Wildman–Crippen MR) is 170 cm³/mol. The number of carbonyl (C=O) groups excluding carboxylic acids is 3. The summed E-state index contributed by atoms with van der Waals surface area (Å²) in [6.45, 7) is 5.05. The minimum atomic E-state index is -0.903. The standard InChI is InChI=1S/C35H39N5O4/c1-3-44-28-13-11-24(12-14-28)18-31(30-17-23(2)6-15-29(30)33(37)41)34(42)40-32(19-27-5-4-16-38-21-27)35(43)39-22-26-9-7-25(20-36)8-10-26/h4-17,21,31-32H,3,18-20,22,36H2,1-2H3,(H2,37,41)(H,39,43)(H,40,42)/t31-,32+/m1/s1. The summed E-state index contributed by atoms with van der Waals surface area (Å²) in [7, 11) is 0. The van der Waals surface area contributed by atoms with Gasteiger partial charge in [-0.3, -0.25) is 19.4 Å². The molecule has 3 aromatic carbocycles. The molecule has 4 aromatic rings. The highest BCUT2D eigenvalue weighted by atomic mass is 16.5. The number of pyridine rings is 1. The molecule has 4 rings (SSSR count). The van der Waals surface area contributed by atoms with Gasteiger partial charge in [0, 0.05) is 37.5 Å². The van der Waals surface area contributed by atoms with Crippen molar-refractivity contribution >= 4 is 17.7 Å². The molecule has 2 atom stereocenters. The molecule has 6 N–H and O–H groups in total. The van der Waals surface area contributed by atoms with Gasteiger partial charge in [-0.2, -0.15) is 0 Å². The number of ether oxygens (including phenoxy) is 1. The van der Waals surface area contributed by atoms with Crippen LogP contribution in [0, 0.1) is 6.92 Å². The molecule has 3 amide bonds. The Labute approximate surface area is 258 Å². The van der Waals surface area contributed by atoms with Crippen molar-refractivity contribution in [2.24, 2.45) is 11.5 Å². The van der Waals surface area contributed by atoms with Gasteiger partial charge in [0.1, 0.15) is 11.8 Å². The van der Waals surface area contributed by atoms with E-state index in [-0.39, 0.29) is 30.9 Å². The van der Waals surface area contributed by atoms with Crippen LogP contribution in [0.5, 0.6) is 5.75 Å². The molecule has 0 bridgehead atoms. The van der Waals surface area contributed by atoms with Crippen molar-refractivity contribution in [3.8, 4) is 5.75 Å². The average Bonchev–Trinajstić information content (AvgIpc) is 3.03. The molecule has 0 saturated heterocycles. The third-order valence-electron chi connectivity index (χ3n) is 7.36. The minimum absolute atomic E-state index is 0.226. The van der Waals surface area contributed by atoms with Crippen LogP contribution in [0.15, 0.2) is 91.3 Å². The number of primary amides is 1. The summed E-state index contributed by atoms with van der Waals surface area (Å²) in [5.74, 6) is -1.46. The topological polar surface area (TPSA) is 149 Å². The average molecular weight is 594 g/mol. The molecule has 0 saturated carbocycles.